The van der Waals surface area contributed by atoms with E-state index in [0.717, 1.165) is 54.1 Å². The summed E-state index contributed by atoms with van der Waals surface area (Å²) < 4.78 is 13.1. The number of piperazine rings is 1. The normalized spacial score (nSPS) is 14.2. The molecule has 1 N–H and O–H groups in total. The van der Waals surface area contributed by atoms with Crippen molar-refractivity contribution in [1.29, 1.82) is 0 Å². The van der Waals surface area contributed by atoms with Gasteiger partial charge in [-0.3, -0.25) is 0 Å². The number of nitrogens with zero attached hydrogens (tertiary/aromatic N) is 4. The molecule has 0 saturated carbocycles. The van der Waals surface area contributed by atoms with Crippen molar-refractivity contribution in [2.75, 3.05) is 41.3 Å². The van der Waals surface area contributed by atoms with Crippen molar-refractivity contribution in [3.05, 3.63) is 77.3 Å². The summed E-state index contributed by atoms with van der Waals surface area (Å²) in [5, 5.41) is 4.06. The summed E-state index contributed by atoms with van der Waals surface area (Å²) in [5.41, 5.74) is 2.19. The van der Waals surface area contributed by atoms with Gasteiger partial charge in [-0.1, -0.05) is 23.7 Å². The van der Waals surface area contributed by atoms with Crippen LogP contribution in [-0.4, -0.2) is 36.1 Å². The zero-order chi connectivity index (χ0) is 19.3. The molecular weight excluding hydrogens is 377 g/mol. The van der Waals surface area contributed by atoms with Gasteiger partial charge >= 0.3 is 0 Å². The second kappa shape index (κ2) is 8.44. The highest BCUT2D eigenvalue weighted by molar-refractivity contribution is 6.30. The fourth-order valence-electron chi connectivity index (χ4n) is 3.26. The lowest BCUT2D eigenvalue weighted by Crippen LogP contribution is -2.46. The van der Waals surface area contributed by atoms with Crippen LogP contribution in [0.4, 0.5) is 21.7 Å². The molecule has 0 atom stereocenters. The maximum absolute atomic E-state index is 13.1. The van der Waals surface area contributed by atoms with Gasteiger partial charge in [0.1, 0.15) is 23.8 Å². The Morgan fingerprint density at radius 2 is 1.57 bits per heavy atom. The Morgan fingerprint density at radius 1 is 0.893 bits per heavy atom. The van der Waals surface area contributed by atoms with Crippen molar-refractivity contribution in [1.82, 2.24) is 9.97 Å². The van der Waals surface area contributed by atoms with Gasteiger partial charge in [0, 0.05) is 49.5 Å². The Morgan fingerprint density at radius 3 is 2.29 bits per heavy atom. The molecule has 28 heavy (non-hydrogen) atoms. The van der Waals surface area contributed by atoms with Gasteiger partial charge in [0.05, 0.1) is 0 Å². The average Bonchev–Trinajstić information content (AvgIpc) is 2.74. The van der Waals surface area contributed by atoms with Gasteiger partial charge in [0.2, 0.25) is 0 Å². The quantitative estimate of drug-likeness (QED) is 0.698. The summed E-state index contributed by atoms with van der Waals surface area (Å²) in [5.74, 6) is 1.50. The minimum Gasteiger partial charge on any atom is -0.368 e. The number of rotatable bonds is 5. The Bertz CT molecular complexity index is 909. The van der Waals surface area contributed by atoms with E-state index < -0.39 is 0 Å². The maximum Gasteiger partial charge on any atom is 0.134 e. The zero-order valence-electron chi connectivity index (χ0n) is 15.4. The molecule has 1 saturated heterocycles. The predicted molar refractivity (Wildman–Crippen MR) is 112 cm³/mol. The smallest absolute Gasteiger partial charge is 0.134 e. The number of hydrogen-bond donors (Lipinski definition) is 1. The lowest BCUT2D eigenvalue weighted by atomic mass is 10.2. The molecule has 0 amide bonds. The van der Waals surface area contributed by atoms with Crippen LogP contribution < -0.4 is 15.1 Å². The molecule has 1 aliphatic heterocycles. The first kappa shape index (κ1) is 18.5. The van der Waals surface area contributed by atoms with Crippen molar-refractivity contribution in [3.63, 3.8) is 0 Å². The highest BCUT2D eigenvalue weighted by Gasteiger charge is 2.18. The van der Waals surface area contributed by atoms with E-state index in [1.54, 1.807) is 6.33 Å². The van der Waals surface area contributed by atoms with Crippen LogP contribution in [0, 0.1) is 5.82 Å². The average molecular weight is 398 g/mol. The zero-order valence-corrected chi connectivity index (χ0v) is 16.1. The molecular formula is C21H21ClFN5. The second-order valence-corrected chi connectivity index (χ2v) is 7.13. The Kier molecular flexibility index (Phi) is 5.58. The van der Waals surface area contributed by atoms with Crippen LogP contribution in [0.2, 0.25) is 5.02 Å². The third-order valence-corrected chi connectivity index (χ3v) is 5.09. The molecule has 0 unspecified atom stereocenters. The van der Waals surface area contributed by atoms with Crippen LogP contribution >= 0.6 is 11.6 Å². The van der Waals surface area contributed by atoms with E-state index in [1.165, 1.54) is 12.1 Å². The molecule has 1 aliphatic rings. The highest BCUT2D eigenvalue weighted by Crippen LogP contribution is 2.21. The van der Waals surface area contributed by atoms with Crippen LogP contribution in [0.15, 0.2) is 60.9 Å². The topological polar surface area (TPSA) is 44.3 Å². The molecule has 3 aromatic rings. The van der Waals surface area contributed by atoms with E-state index >= 15 is 0 Å². The minimum atomic E-state index is -0.206. The van der Waals surface area contributed by atoms with Crippen LogP contribution in [0.25, 0.3) is 0 Å². The minimum absolute atomic E-state index is 0.206. The predicted octanol–water partition coefficient (Wildman–Crippen LogP) is 4.21. The van der Waals surface area contributed by atoms with E-state index in [1.807, 2.05) is 42.5 Å². The van der Waals surface area contributed by atoms with Gasteiger partial charge in [0.25, 0.3) is 0 Å². The molecule has 4 rings (SSSR count). The first-order valence-corrected chi connectivity index (χ1v) is 9.61. The molecule has 7 heteroatoms. The van der Waals surface area contributed by atoms with E-state index in [-0.39, 0.29) is 5.82 Å². The number of hydrogen-bond acceptors (Lipinski definition) is 5. The van der Waals surface area contributed by atoms with Gasteiger partial charge in [-0.2, -0.15) is 0 Å². The first-order chi connectivity index (χ1) is 13.7. The second-order valence-electron chi connectivity index (χ2n) is 6.69. The van der Waals surface area contributed by atoms with Crippen LogP contribution in [0.1, 0.15) is 5.56 Å². The number of halogens is 2. The number of aromatic nitrogens is 2. The van der Waals surface area contributed by atoms with Crippen molar-refractivity contribution in [3.8, 4) is 0 Å². The Balaban J connectivity index is 1.35. The van der Waals surface area contributed by atoms with Crippen molar-refractivity contribution in [2.45, 2.75) is 6.54 Å². The fraction of sp³-hybridized carbons (Fsp3) is 0.238. The van der Waals surface area contributed by atoms with E-state index in [2.05, 4.69) is 25.1 Å². The number of anilines is 3. The summed E-state index contributed by atoms with van der Waals surface area (Å²) in [7, 11) is 0. The van der Waals surface area contributed by atoms with Gasteiger partial charge in [-0.25, -0.2) is 14.4 Å². The SMILES string of the molecule is Fc1ccc(N2CCN(c3cc(NCc4ccc(Cl)cc4)ncn3)CC2)cc1. The highest BCUT2D eigenvalue weighted by atomic mass is 35.5. The molecule has 0 aliphatic carbocycles. The van der Waals surface area contributed by atoms with Crippen molar-refractivity contribution in [2.24, 2.45) is 0 Å². The van der Waals surface area contributed by atoms with E-state index in [4.69, 9.17) is 11.6 Å². The van der Waals surface area contributed by atoms with Crippen LogP contribution in [0.5, 0.6) is 0 Å². The molecule has 1 aromatic heterocycles. The maximum atomic E-state index is 13.1. The molecule has 144 valence electrons. The standard InChI is InChI=1S/C21H21ClFN5/c22-17-3-1-16(2-4-17)14-24-20-13-21(26-15-25-20)28-11-9-27(10-12-28)19-7-5-18(23)6-8-19/h1-8,13,15H,9-12,14H2,(H,24,25,26). The molecule has 5 nitrogen and oxygen atoms in total. The summed E-state index contributed by atoms with van der Waals surface area (Å²) in [4.78, 5) is 13.3. The van der Waals surface area contributed by atoms with Crippen molar-refractivity contribution < 1.29 is 4.39 Å². The van der Waals surface area contributed by atoms with E-state index in [9.17, 15) is 4.39 Å². The van der Waals surface area contributed by atoms with Crippen LogP contribution in [-0.2, 0) is 6.54 Å². The van der Waals surface area contributed by atoms with Gasteiger partial charge < -0.3 is 15.1 Å². The molecule has 2 aromatic carbocycles. The van der Waals surface area contributed by atoms with E-state index in [0.29, 0.717) is 6.54 Å². The molecule has 1 fully saturated rings. The molecule has 0 spiro atoms. The molecule has 0 radical (unpaired) electrons. The summed E-state index contributed by atoms with van der Waals surface area (Å²) in [6.45, 7) is 4.11. The third kappa shape index (κ3) is 4.51. The van der Waals surface area contributed by atoms with Gasteiger partial charge in [-0.15, -0.1) is 0 Å². The monoisotopic (exact) mass is 397 g/mol. The van der Waals surface area contributed by atoms with Crippen LogP contribution in [0.3, 0.4) is 0 Å². The lowest BCUT2D eigenvalue weighted by molar-refractivity contribution is 0.624. The largest absolute Gasteiger partial charge is 0.368 e. The molecule has 0 bridgehead atoms. The Labute approximate surface area is 168 Å². The lowest BCUT2D eigenvalue weighted by Gasteiger charge is -2.36. The van der Waals surface area contributed by atoms with Crippen molar-refractivity contribution >= 4 is 28.9 Å². The fourth-order valence-corrected chi connectivity index (χ4v) is 3.38. The van der Waals surface area contributed by atoms with Gasteiger partial charge in [0.15, 0.2) is 0 Å². The van der Waals surface area contributed by atoms with Gasteiger partial charge in [-0.05, 0) is 42.0 Å². The number of nitrogens with one attached hydrogen (secondary N) is 1. The third-order valence-electron chi connectivity index (χ3n) is 4.83. The summed E-state index contributed by atoms with van der Waals surface area (Å²) >= 11 is 5.93. The molecule has 2 heterocycles. The number of benzene rings is 2. The summed E-state index contributed by atoms with van der Waals surface area (Å²) in [6, 6.07) is 16.4. The first-order valence-electron chi connectivity index (χ1n) is 9.23. The summed E-state index contributed by atoms with van der Waals surface area (Å²) in [6.07, 6.45) is 1.59. The Hall–Kier alpha value is -2.86.